The summed E-state index contributed by atoms with van der Waals surface area (Å²) in [6.45, 7) is 4.86. The standard InChI is InChI=1S/C7H13BrO2/c1-3-6(8)7-9-4-5(2)10-7/h5-7H,3-4H2,1-2H3. The summed E-state index contributed by atoms with van der Waals surface area (Å²) in [6, 6.07) is 0. The van der Waals surface area contributed by atoms with Crippen LogP contribution in [0.1, 0.15) is 20.3 Å². The van der Waals surface area contributed by atoms with Crippen molar-refractivity contribution in [1.82, 2.24) is 0 Å². The molecule has 1 heterocycles. The van der Waals surface area contributed by atoms with Gasteiger partial charge in [0.25, 0.3) is 0 Å². The topological polar surface area (TPSA) is 18.5 Å². The summed E-state index contributed by atoms with van der Waals surface area (Å²) in [5, 5.41) is 0. The molecule has 0 aromatic heterocycles. The highest BCUT2D eigenvalue weighted by molar-refractivity contribution is 9.09. The maximum atomic E-state index is 5.44. The number of rotatable bonds is 2. The van der Waals surface area contributed by atoms with Crippen molar-refractivity contribution in [3.05, 3.63) is 0 Å². The third-order valence-corrected chi connectivity index (χ3v) is 2.63. The van der Waals surface area contributed by atoms with E-state index in [0.29, 0.717) is 4.83 Å². The zero-order valence-electron chi connectivity index (χ0n) is 6.34. The Morgan fingerprint density at radius 2 is 2.40 bits per heavy atom. The summed E-state index contributed by atoms with van der Waals surface area (Å²) in [5.41, 5.74) is 0. The zero-order chi connectivity index (χ0) is 7.56. The van der Waals surface area contributed by atoms with E-state index in [1.54, 1.807) is 0 Å². The zero-order valence-corrected chi connectivity index (χ0v) is 7.93. The van der Waals surface area contributed by atoms with Crippen LogP contribution in [0.3, 0.4) is 0 Å². The van der Waals surface area contributed by atoms with Gasteiger partial charge >= 0.3 is 0 Å². The lowest BCUT2D eigenvalue weighted by molar-refractivity contribution is -0.0534. The van der Waals surface area contributed by atoms with Crippen molar-refractivity contribution in [2.45, 2.75) is 37.5 Å². The Hall–Kier alpha value is 0.400. The Balaban J connectivity index is 2.29. The van der Waals surface area contributed by atoms with Crippen LogP contribution in [-0.4, -0.2) is 23.8 Å². The van der Waals surface area contributed by atoms with E-state index in [-0.39, 0.29) is 12.4 Å². The quantitative estimate of drug-likeness (QED) is 0.647. The van der Waals surface area contributed by atoms with Gasteiger partial charge in [0.05, 0.1) is 17.5 Å². The van der Waals surface area contributed by atoms with Crippen LogP contribution in [0.25, 0.3) is 0 Å². The van der Waals surface area contributed by atoms with Gasteiger partial charge in [-0.1, -0.05) is 22.9 Å². The predicted octanol–water partition coefficient (Wildman–Crippen LogP) is 1.92. The number of halogens is 1. The summed E-state index contributed by atoms with van der Waals surface area (Å²) in [7, 11) is 0. The number of ether oxygens (including phenoxy) is 2. The van der Waals surface area contributed by atoms with Crippen molar-refractivity contribution < 1.29 is 9.47 Å². The molecule has 0 radical (unpaired) electrons. The van der Waals surface area contributed by atoms with Gasteiger partial charge in [-0.05, 0) is 13.3 Å². The van der Waals surface area contributed by atoms with Gasteiger partial charge in [0, 0.05) is 0 Å². The van der Waals surface area contributed by atoms with Crippen LogP contribution >= 0.6 is 15.9 Å². The van der Waals surface area contributed by atoms with Crippen molar-refractivity contribution in [2.75, 3.05) is 6.61 Å². The monoisotopic (exact) mass is 208 g/mol. The molecule has 3 atom stereocenters. The van der Waals surface area contributed by atoms with Crippen molar-refractivity contribution in [3.8, 4) is 0 Å². The van der Waals surface area contributed by atoms with Crippen LogP contribution in [0.2, 0.25) is 0 Å². The van der Waals surface area contributed by atoms with Crippen molar-refractivity contribution >= 4 is 15.9 Å². The molecule has 1 aliphatic heterocycles. The largest absolute Gasteiger partial charge is 0.349 e. The molecule has 3 heteroatoms. The minimum atomic E-state index is -0.0278. The minimum absolute atomic E-state index is 0.0278. The lowest BCUT2D eigenvalue weighted by Crippen LogP contribution is -2.21. The highest BCUT2D eigenvalue weighted by Gasteiger charge is 2.27. The van der Waals surface area contributed by atoms with Crippen LogP contribution < -0.4 is 0 Å². The second-order valence-corrected chi connectivity index (χ2v) is 3.75. The fraction of sp³-hybridized carbons (Fsp3) is 1.00. The van der Waals surface area contributed by atoms with Gasteiger partial charge in [0.2, 0.25) is 0 Å². The predicted molar refractivity (Wildman–Crippen MR) is 43.3 cm³/mol. The van der Waals surface area contributed by atoms with E-state index in [4.69, 9.17) is 9.47 Å². The molecule has 0 amide bonds. The lowest BCUT2D eigenvalue weighted by Gasteiger charge is -2.13. The Kier molecular flexibility index (Phi) is 3.14. The molecule has 0 aromatic rings. The third kappa shape index (κ3) is 1.94. The molecule has 1 rings (SSSR count). The van der Waals surface area contributed by atoms with Gasteiger partial charge in [-0.2, -0.15) is 0 Å². The first-order chi connectivity index (χ1) is 4.74. The van der Waals surface area contributed by atoms with Gasteiger partial charge < -0.3 is 9.47 Å². The summed E-state index contributed by atoms with van der Waals surface area (Å²) >= 11 is 3.48. The van der Waals surface area contributed by atoms with E-state index < -0.39 is 0 Å². The first-order valence-electron chi connectivity index (χ1n) is 3.65. The first kappa shape index (κ1) is 8.50. The Morgan fingerprint density at radius 1 is 1.70 bits per heavy atom. The van der Waals surface area contributed by atoms with Crippen LogP contribution in [0.4, 0.5) is 0 Å². The molecule has 0 N–H and O–H groups in total. The molecule has 0 aliphatic carbocycles. The Labute approximate surface area is 70.0 Å². The maximum absolute atomic E-state index is 5.44. The summed E-state index contributed by atoms with van der Waals surface area (Å²) < 4.78 is 10.8. The number of hydrogen-bond donors (Lipinski definition) is 0. The molecule has 0 spiro atoms. The summed E-state index contributed by atoms with van der Waals surface area (Å²) in [4.78, 5) is 0.345. The lowest BCUT2D eigenvalue weighted by atomic mass is 10.3. The van der Waals surface area contributed by atoms with E-state index in [1.807, 2.05) is 6.92 Å². The normalized spacial score (nSPS) is 36.3. The Bertz CT molecular complexity index is 108. The van der Waals surface area contributed by atoms with Crippen molar-refractivity contribution in [3.63, 3.8) is 0 Å². The minimum Gasteiger partial charge on any atom is -0.349 e. The molecular weight excluding hydrogens is 196 g/mol. The highest BCUT2D eigenvalue weighted by atomic mass is 79.9. The van der Waals surface area contributed by atoms with Gasteiger partial charge in [-0.3, -0.25) is 0 Å². The van der Waals surface area contributed by atoms with E-state index in [2.05, 4.69) is 22.9 Å². The molecule has 0 bridgehead atoms. The Morgan fingerprint density at radius 3 is 2.80 bits per heavy atom. The molecule has 10 heavy (non-hydrogen) atoms. The molecule has 0 aromatic carbocycles. The van der Waals surface area contributed by atoms with Crippen molar-refractivity contribution in [1.29, 1.82) is 0 Å². The molecule has 1 saturated heterocycles. The SMILES string of the molecule is CCC(Br)C1OCC(C)O1. The van der Waals surface area contributed by atoms with Crippen LogP contribution in [0.5, 0.6) is 0 Å². The third-order valence-electron chi connectivity index (χ3n) is 1.55. The van der Waals surface area contributed by atoms with E-state index in [0.717, 1.165) is 13.0 Å². The molecule has 1 fully saturated rings. The molecule has 2 nitrogen and oxygen atoms in total. The van der Waals surface area contributed by atoms with E-state index in [9.17, 15) is 0 Å². The van der Waals surface area contributed by atoms with E-state index >= 15 is 0 Å². The first-order valence-corrected chi connectivity index (χ1v) is 4.56. The van der Waals surface area contributed by atoms with Gasteiger partial charge in [0.15, 0.2) is 6.29 Å². The number of alkyl halides is 1. The molecule has 1 aliphatic rings. The second-order valence-electron chi connectivity index (χ2n) is 2.57. The van der Waals surface area contributed by atoms with Gasteiger partial charge in [0.1, 0.15) is 0 Å². The van der Waals surface area contributed by atoms with Crippen LogP contribution in [-0.2, 0) is 9.47 Å². The summed E-state index contributed by atoms with van der Waals surface area (Å²) in [5.74, 6) is 0. The van der Waals surface area contributed by atoms with E-state index in [1.165, 1.54) is 0 Å². The second kappa shape index (κ2) is 3.69. The average Bonchev–Trinajstić information content (AvgIpc) is 2.34. The fourth-order valence-electron chi connectivity index (χ4n) is 0.920. The van der Waals surface area contributed by atoms with Crippen molar-refractivity contribution in [2.24, 2.45) is 0 Å². The summed E-state index contributed by atoms with van der Waals surface area (Å²) in [6.07, 6.45) is 1.27. The fourth-order valence-corrected chi connectivity index (χ4v) is 1.20. The highest BCUT2D eigenvalue weighted by Crippen LogP contribution is 2.21. The van der Waals surface area contributed by atoms with Gasteiger partial charge in [-0.25, -0.2) is 0 Å². The molecule has 3 unspecified atom stereocenters. The smallest absolute Gasteiger partial charge is 0.170 e. The number of hydrogen-bond acceptors (Lipinski definition) is 2. The molecular formula is C7H13BrO2. The van der Waals surface area contributed by atoms with Crippen LogP contribution in [0.15, 0.2) is 0 Å². The van der Waals surface area contributed by atoms with Crippen LogP contribution in [0, 0.1) is 0 Å². The molecule has 60 valence electrons. The van der Waals surface area contributed by atoms with Gasteiger partial charge in [-0.15, -0.1) is 0 Å². The maximum Gasteiger partial charge on any atom is 0.170 e. The molecule has 0 saturated carbocycles. The average molecular weight is 209 g/mol.